The number of carbonyl (C=O) groups is 2. The van der Waals surface area contributed by atoms with Crippen molar-refractivity contribution in [3.8, 4) is 0 Å². The normalized spacial score (nSPS) is 10.2. The number of aromatic carboxylic acids is 1. The molecule has 2 rings (SSSR count). The molecule has 1 amide bonds. The SMILES string of the molecule is Cc1cccc(NC(=O)c2cc(Br)ccc2Br)c1C(=O)O. The van der Waals surface area contributed by atoms with Gasteiger partial charge in [0.05, 0.1) is 16.8 Å². The Morgan fingerprint density at radius 1 is 1.14 bits per heavy atom. The number of halogens is 2. The first kappa shape index (κ1) is 15.7. The quantitative estimate of drug-likeness (QED) is 0.781. The first-order chi connectivity index (χ1) is 9.90. The number of carbonyl (C=O) groups excluding carboxylic acids is 1. The Morgan fingerprint density at radius 3 is 2.52 bits per heavy atom. The summed E-state index contributed by atoms with van der Waals surface area (Å²) in [6, 6.07) is 10.2. The molecule has 0 saturated carbocycles. The summed E-state index contributed by atoms with van der Waals surface area (Å²) < 4.78 is 1.39. The number of hydrogen-bond donors (Lipinski definition) is 2. The number of amides is 1. The lowest BCUT2D eigenvalue weighted by Crippen LogP contribution is -2.16. The van der Waals surface area contributed by atoms with Crippen LogP contribution in [0.1, 0.15) is 26.3 Å². The van der Waals surface area contributed by atoms with E-state index in [0.717, 1.165) is 4.47 Å². The molecule has 0 fully saturated rings. The minimum absolute atomic E-state index is 0.0944. The highest BCUT2D eigenvalue weighted by Crippen LogP contribution is 2.24. The number of rotatable bonds is 3. The standard InChI is InChI=1S/C15H11Br2NO3/c1-8-3-2-4-12(13(8)15(20)21)18-14(19)10-7-9(16)5-6-11(10)17/h2-7H,1H3,(H,18,19)(H,20,21). The number of hydrogen-bond acceptors (Lipinski definition) is 2. The first-order valence-electron chi connectivity index (χ1n) is 5.99. The monoisotopic (exact) mass is 411 g/mol. The smallest absolute Gasteiger partial charge is 0.338 e. The van der Waals surface area contributed by atoms with Crippen molar-refractivity contribution in [2.75, 3.05) is 5.32 Å². The van der Waals surface area contributed by atoms with Crippen LogP contribution in [-0.2, 0) is 0 Å². The number of anilines is 1. The van der Waals surface area contributed by atoms with Crippen molar-refractivity contribution in [3.05, 3.63) is 62.0 Å². The van der Waals surface area contributed by atoms with Crippen LogP contribution >= 0.6 is 31.9 Å². The van der Waals surface area contributed by atoms with Crippen LogP contribution < -0.4 is 5.32 Å². The lowest BCUT2D eigenvalue weighted by atomic mass is 10.1. The van der Waals surface area contributed by atoms with Crippen molar-refractivity contribution < 1.29 is 14.7 Å². The van der Waals surface area contributed by atoms with E-state index in [1.807, 2.05) is 0 Å². The van der Waals surface area contributed by atoms with Crippen LogP contribution in [0.5, 0.6) is 0 Å². The highest BCUT2D eigenvalue weighted by molar-refractivity contribution is 9.11. The van der Waals surface area contributed by atoms with Gasteiger partial charge in [-0.15, -0.1) is 0 Å². The minimum atomic E-state index is -1.07. The highest BCUT2D eigenvalue weighted by Gasteiger charge is 2.17. The second-order valence-corrected chi connectivity index (χ2v) is 6.15. The molecule has 2 aromatic carbocycles. The Balaban J connectivity index is 2.39. The number of carboxylic acids is 1. The van der Waals surface area contributed by atoms with Crippen LogP contribution in [0, 0.1) is 6.92 Å². The Morgan fingerprint density at radius 2 is 1.86 bits per heavy atom. The summed E-state index contributed by atoms with van der Waals surface area (Å²) in [7, 11) is 0. The number of aryl methyl sites for hydroxylation is 1. The Hall–Kier alpha value is -1.66. The summed E-state index contributed by atoms with van der Waals surface area (Å²) in [5.41, 5.74) is 1.38. The van der Waals surface area contributed by atoms with Gasteiger partial charge < -0.3 is 10.4 Å². The molecular weight excluding hydrogens is 402 g/mol. The molecule has 0 aliphatic carbocycles. The van der Waals surface area contributed by atoms with Crippen LogP contribution in [0.3, 0.4) is 0 Å². The van der Waals surface area contributed by atoms with E-state index >= 15 is 0 Å². The van der Waals surface area contributed by atoms with Crippen molar-refractivity contribution in [1.29, 1.82) is 0 Å². The van der Waals surface area contributed by atoms with E-state index in [-0.39, 0.29) is 17.2 Å². The van der Waals surface area contributed by atoms with E-state index in [0.29, 0.717) is 15.6 Å². The molecule has 0 aromatic heterocycles. The average molecular weight is 413 g/mol. The molecule has 21 heavy (non-hydrogen) atoms. The summed E-state index contributed by atoms with van der Waals surface area (Å²) in [5, 5.41) is 11.9. The van der Waals surface area contributed by atoms with Gasteiger partial charge in [-0.3, -0.25) is 4.79 Å². The number of carboxylic acid groups (broad SMARTS) is 1. The van der Waals surface area contributed by atoms with Crippen LogP contribution in [0.4, 0.5) is 5.69 Å². The Bertz CT molecular complexity index is 729. The maximum absolute atomic E-state index is 12.3. The highest BCUT2D eigenvalue weighted by atomic mass is 79.9. The lowest BCUT2D eigenvalue weighted by Gasteiger charge is -2.11. The Kier molecular flexibility index (Phi) is 4.80. The van der Waals surface area contributed by atoms with E-state index in [1.54, 1.807) is 43.3 Å². The van der Waals surface area contributed by atoms with Gasteiger partial charge in [-0.2, -0.15) is 0 Å². The fourth-order valence-electron chi connectivity index (χ4n) is 1.92. The third kappa shape index (κ3) is 3.51. The number of nitrogens with one attached hydrogen (secondary N) is 1. The largest absolute Gasteiger partial charge is 0.478 e. The van der Waals surface area contributed by atoms with Gasteiger partial charge in [0.2, 0.25) is 0 Å². The molecule has 0 spiro atoms. The zero-order valence-corrected chi connectivity index (χ0v) is 14.2. The minimum Gasteiger partial charge on any atom is -0.478 e. The second kappa shape index (κ2) is 6.41. The van der Waals surface area contributed by atoms with Crippen molar-refractivity contribution in [2.45, 2.75) is 6.92 Å². The summed E-state index contributed by atoms with van der Waals surface area (Å²) in [6.45, 7) is 1.69. The van der Waals surface area contributed by atoms with Crippen LogP contribution in [0.2, 0.25) is 0 Å². The van der Waals surface area contributed by atoms with Gasteiger partial charge in [0, 0.05) is 8.95 Å². The predicted molar refractivity (Wildman–Crippen MR) is 87.9 cm³/mol. The molecule has 108 valence electrons. The van der Waals surface area contributed by atoms with Crippen LogP contribution in [0.15, 0.2) is 45.3 Å². The molecular formula is C15H11Br2NO3. The average Bonchev–Trinajstić information content (AvgIpc) is 2.41. The maximum Gasteiger partial charge on any atom is 0.338 e. The van der Waals surface area contributed by atoms with Crippen molar-refractivity contribution >= 4 is 49.4 Å². The van der Waals surface area contributed by atoms with E-state index in [2.05, 4.69) is 37.2 Å². The fraction of sp³-hybridized carbons (Fsp3) is 0.0667. The van der Waals surface area contributed by atoms with Crippen LogP contribution in [0.25, 0.3) is 0 Å². The summed E-state index contributed by atoms with van der Waals surface area (Å²) in [4.78, 5) is 23.6. The van der Waals surface area contributed by atoms with E-state index < -0.39 is 5.97 Å². The molecule has 0 radical (unpaired) electrons. The first-order valence-corrected chi connectivity index (χ1v) is 7.58. The van der Waals surface area contributed by atoms with E-state index in [9.17, 15) is 14.7 Å². The molecule has 2 N–H and O–H groups in total. The zero-order chi connectivity index (χ0) is 15.6. The van der Waals surface area contributed by atoms with Gasteiger partial charge in [0.25, 0.3) is 5.91 Å². The molecule has 0 heterocycles. The van der Waals surface area contributed by atoms with Gasteiger partial charge in [0.1, 0.15) is 0 Å². The lowest BCUT2D eigenvalue weighted by molar-refractivity contribution is 0.0697. The third-order valence-electron chi connectivity index (χ3n) is 2.91. The van der Waals surface area contributed by atoms with Crippen molar-refractivity contribution in [1.82, 2.24) is 0 Å². The van der Waals surface area contributed by atoms with Gasteiger partial charge in [0.15, 0.2) is 0 Å². The maximum atomic E-state index is 12.3. The third-order valence-corrected chi connectivity index (χ3v) is 4.09. The molecule has 0 saturated heterocycles. The fourth-order valence-corrected chi connectivity index (χ4v) is 2.70. The van der Waals surface area contributed by atoms with Gasteiger partial charge in [-0.1, -0.05) is 28.1 Å². The Labute approximate surface area is 138 Å². The second-order valence-electron chi connectivity index (χ2n) is 4.38. The van der Waals surface area contributed by atoms with E-state index in [4.69, 9.17) is 0 Å². The molecule has 0 aliphatic rings. The predicted octanol–water partition coefficient (Wildman–Crippen LogP) is 4.47. The molecule has 0 aliphatic heterocycles. The van der Waals surface area contributed by atoms with Gasteiger partial charge in [-0.05, 0) is 52.7 Å². The summed E-state index contributed by atoms with van der Waals surface area (Å²) >= 11 is 6.61. The zero-order valence-electron chi connectivity index (χ0n) is 11.0. The topological polar surface area (TPSA) is 66.4 Å². The summed E-state index contributed by atoms with van der Waals surface area (Å²) in [6.07, 6.45) is 0. The number of benzene rings is 2. The van der Waals surface area contributed by atoms with Crippen LogP contribution in [-0.4, -0.2) is 17.0 Å². The van der Waals surface area contributed by atoms with Crippen molar-refractivity contribution in [3.63, 3.8) is 0 Å². The van der Waals surface area contributed by atoms with Crippen molar-refractivity contribution in [2.24, 2.45) is 0 Å². The summed E-state index contributed by atoms with van der Waals surface area (Å²) in [5.74, 6) is -1.45. The van der Waals surface area contributed by atoms with E-state index in [1.165, 1.54) is 0 Å². The molecule has 0 unspecified atom stereocenters. The molecule has 2 aromatic rings. The molecule has 4 nitrogen and oxygen atoms in total. The van der Waals surface area contributed by atoms with Gasteiger partial charge in [-0.25, -0.2) is 4.79 Å². The van der Waals surface area contributed by atoms with Gasteiger partial charge >= 0.3 is 5.97 Å². The molecule has 0 bridgehead atoms. The molecule has 0 atom stereocenters. The molecule has 6 heteroatoms.